The van der Waals surface area contributed by atoms with Gasteiger partial charge in [-0.1, -0.05) is 90.4 Å². The minimum atomic E-state index is -4.15. The molecule has 0 aliphatic carbocycles. The molecule has 1 aliphatic rings. The van der Waals surface area contributed by atoms with Gasteiger partial charge in [0, 0.05) is 0 Å². The molecule has 1 atom stereocenters. The lowest BCUT2D eigenvalue weighted by Crippen LogP contribution is -2.21. The third-order valence-electron chi connectivity index (χ3n) is 5.79. The Balaban J connectivity index is 1.44. The molecular formula is C23H40N2O3S. The van der Waals surface area contributed by atoms with Crippen LogP contribution in [0.5, 0.6) is 0 Å². The first-order valence-electron chi connectivity index (χ1n) is 11.7. The predicted molar refractivity (Wildman–Crippen MR) is 122 cm³/mol. The summed E-state index contributed by atoms with van der Waals surface area (Å²) in [5.74, 6) is 0. The lowest BCUT2D eigenvalue weighted by Gasteiger charge is -2.12. The number of anilines is 2. The smallest absolute Gasteiger partial charge is 0.294 e. The summed E-state index contributed by atoms with van der Waals surface area (Å²) in [4.78, 5) is -0.0670. The Bertz CT molecular complexity index is 691. The average molecular weight is 425 g/mol. The maximum Gasteiger partial charge on any atom is 0.294 e. The minimum Gasteiger partial charge on any atom is -0.364 e. The van der Waals surface area contributed by atoms with Gasteiger partial charge in [-0.05, 0) is 31.0 Å². The van der Waals surface area contributed by atoms with Gasteiger partial charge in [0.1, 0.15) is 0 Å². The highest BCUT2D eigenvalue weighted by Crippen LogP contribution is 2.32. The van der Waals surface area contributed by atoms with Gasteiger partial charge in [-0.2, -0.15) is 8.42 Å². The van der Waals surface area contributed by atoms with Crippen molar-refractivity contribution in [3.8, 4) is 0 Å². The summed E-state index contributed by atoms with van der Waals surface area (Å²) in [6, 6.07) is 4.62. The molecule has 1 heterocycles. The zero-order valence-electron chi connectivity index (χ0n) is 18.1. The Morgan fingerprint density at radius 1 is 0.759 bits per heavy atom. The van der Waals surface area contributed by atoms with E-state index in [1.54, 1.807) is 6.07 Å². The standard InChI is InChI=1S/C23H40N2O3S/c1-2-3-4-5-6-7-8-9-10-11-12-13-14-15-16-23-24-21-18-17-20(29(26,27)28)19-22(21)25-23/h17-19,23-25H,2-16H2,1H3,(H,26,27,28). The number of fused-ring (bicyclic) bond motifs is 1. The molecule has 5 nitrogen and oxygen atoms in total. The third-order valence-corrected chi connectivity index (χ3v) is 6.64. The zero-order valence-corrected chi connectivity index (χ0v) is 18.9. The van der Waals surface area contributed by atoms with Gasteiger partial charge in [-0.25, -0.2) is 0 Å². The van der Waals surface area contributed by atoms with Crippen LogP contribution in [-0.2, 0) is 10.1 Å². The summed E-state index contributed by atoms with van der Waals surface area (Å²) in [6.45, 7) is 2.27. The van der Waals surface area contributed by atoms with Crippen molar-refractivity contribution in [2.45, 2.75) is 114 Å². The molecule has 0 spiro atoms. The first-order valence-corrected chi connectivity index (χ1v) is 13.1. The van der Waals surface area contributed by atoms with Crippen molar-refractivity contribution < 1.29 is 13.0 Å². The van der Waals surface area contributed by atoms with Crippen LogP contribution in [0.1, 0.15) is 103 Å². The summed E-state index contributed by atoms with van der Waals surface area (Å²) in [7, 11) is -4.15. The molecule has 166 valence electrons. The lowest BCUT2D eigenvalue weighted by atomic mass is 10.0. The van der Waals surface area contributed by atoms with Crippen molar-refractivity contribution in [1.82, 2.24) is 0 Å². The largest absolute Gasteiger partial charge is 0.364 e. The van der Waals surface area contributed by atoms with Crippen LogP contribution in [0.25, 0.3) is 0 Å². The molecule has 1 unspecified atom stereocenters. The predicted octanol–water partition coefficient (Wildman–Crippen LogP) is 6.97. The lowest BCUT2D eigenvalue weighted by molar-refractivity contribution is 0.483. The summed E-state index contributed by atoms with van der Waals surface area (Å²) in [6.07, 6.45) is 20.1. The zero-order chi connectivity index (χ0) is 21.0. The molecule has 3 N–H and O–H groups in total. The SMILES string of the molecule is CCCCCCCCCCCCCCCCC1Nc2ccc(S(=O)(=O)O)cc2N1. The molecule has 0 fully saturated rings. The van der Waals surface area contributed by atoms with Gasteiger partial charge in [0.05, 0.1) is 22.4 Å². The van der Waals surface area contributed by atoms with E-state index < -0.39 is 10.1 Å². The molecule has 0 bridgehead atoms. The fourth-order valence-electron chi connectivity index (χ4n) is 4.03. The molecule has 1 aromatic rings. The second-order valence-corrected chi connectivity index (χ2v) is 9.83. The monoisotopic (exact) mass is 424 g/mol. The molecule has 1 aromatic carbocycles. The highest BCUT2D eigenvalue weighted by molar-refractivity contribution is 7.85. The number of nitrogens with one attached hydrogen (secondary N) is 2. The van der Waals surface area contributed by atoms with Crippen LogP contribution in [0, 0.1) is 0 Å². The van der Waals surface area contributed by atoms with Gasteiger partial charge in [-0.3, -0.25) is 4.55 Å². The van der Waals surface area contributed by atoms with E-state index in [2.05, 4.69) is 17.6 Å². The van der Waals surface area contributed by atoms with Crippen LogP contribution >= 0.6 is 0 Å². The number of hydrogen-bond donors (Lipinski definition) is 3. The van der Waals surface area contributed by atoms with Gasteiger partial charge < -0.3 is 10.6 Å². The van der Waals surface area contributed by atoms with E-state index in [-0.39, 0.29) is 11.1 Å². The number of unbranched alkanes of at least 4 members (excludes halogenated alkanes) is 13. The van der Waals surface area contributed by atoms with Gasteiger partial charge in [-0.15, -0.1) is 0 Å². The van der Waals surface area contributed by atoms with Gasteiger partial charge in [0.25, 0.3) is 10.1 Å². The highest BCUT2D eigenvalue weighted by Gasteiger charge is 2.21. The molecule has 6 heteroatoms. The summed E-state index contributed by atoms with van der Waals surface area (Å²) in [5.41, 5.74) is 1.64. The highest BCUT2D eigenvalue weighted by atomic mass is 32.2. The Morgan fingerprint density at radius 2 is 1.24 bits per heavy atom. The number of rotatable bonds is 16. The first kappa shape index (κ1) is 24.0. The molecule has 1 aliphatic heterocycles. The van der Waals surface area contributed by atoms with Crippen molar-refractivity contribution in [2.24, 2.45) is 0 Å². The Hall–Kier alpha value is -1.27. The van der Waals surface area contributed by atoms with Crippen molar-refractivity contribution in [3.63, 3.8) is 0 Å². The van der Waals surface area contributed by atoms with E-state index in [1.165, 1.54) is 95.6 Å². The van der Waals surface area contributed by atoms with E-state index in [4.69, 9.17) is 4.55 Å². The van der Waals surface area contributed by atoms with Crippen molar-refractivity contribution in [1.29, 1.82) is 0 Å². The molecule has 0 saturated carbocycles. The third kappa shape index (κ3) is 9.39. The Labute approximate surface area is 177 Å². The van der Waals surface area contributed by atoms with Gasteiger partial charge >= 0.3 is 0 Å². The molecule has 29 heavy (non-hydrogen) atoms. The van der Waals surface area contributed by atoms with E-state index in [0.29, 0.717) is 0 Å². The average Bonchev–Trinajstić information content (AvgIpc) is 3.09. The second-order valence-electron chi connectivity index (χ2n) is 8.41. The van der Waals surface area contributed by atoms with E-state index >= 15 is 0 Å². The molecular weight excluding hydrogens is 384 g/mol. The number of benzene rings is 1. The van der Waals surface area contributed by atoms with E-state index in [0.717, 1.165) is 24.2 Å². The van der Waals surface area contributed by atoms with Crippen LogP contribution in [0.4, 0.5) is 11.4 Å². The normalized spacial score (nSPS) is 15.7. The molecule has 0 radical (unpaired) electrons. The van der Waals surface area contributed by atoms with Gasteiger partial charge in [0.15, 0.2) is 0 Å². The maximum absolute atomic E-state index is 11.2. The molecule has 0 amide bonds. The number of hydrogen-bond acceptors (Lipinski definition) is 4. The van der Waals surface area contributed by atoms with Crippen molar-refractivity contribution in [3.05, 3.63) is 18.2 Å². The fourth-order valence-corrected chi connectivity index (χ4v) is 4.53. The topological polar surface area (TPSA) is 78.4 Å². The van der Waals surface area contributed by atoms with Crippen LogP contribution in [-0.4, -0.2) is 19.1 Å². The van der Waals surface area contributed by atoms with Crippen molar-refractivity contribution in [2.75, 3.05) is 10.6 Å². The quantitative estimate of drug-likeness (QED) is 0.197. The van der Waals surface area contributed by atoms with Crippen LogP contribution < -0.4 is 10.6 Å². The van der Waals surface area contributed by atoms with Crippen LogP contribution in [0.15, 0.2) is 23.1 Å². The summed E-state index contributed by atoms with van der Waals surface area (Å²) in [5, 5.41) is 6.68. The van der Waals surface area contributed by atoms with Crippen LogP contribution in [0.3, 0.4) is 0 Å². The Kier molecular flexibility index (Phi) is 10.9. The fraction of sp³-hybridized carbons (Fsp3) is 0.739. The first-order chi connectivity index (χ1) is 14.0. The maximum atomic E-state index is 11.2. The summed E-state index contributed by atoms with van der Waals surface area (Å²) < 4.78 is 31.6. The van der Waals surface area contributed by atoms with Crippen LogP contribution in [0.2, 0.25) is 0 Å². The molecule has 2 rings (SSSR count). The summed E-state index contributed by atoms with van der Waals surface area (Å²) >= 11 is 0. The van der Waals surface area contributed by atoms with E-state index in [9.17, 15) is 8.42 Å². The molecule has 0 aromatic heterocycles. The molecule has 0 saturated heterocycles. The van der Waals surface area contributed by atoms with Gasteiger partial charge in [0.2, 0.25) is 0 Å². The Morgan fingerprint density at radius 3 is 1.76 bits per heavy atom. The second kappa shape index (κ2) is 13.1. The van der Waals surface area contributed by atoms with E-state index in [1.807, 2.05) is 0 Å². The minimum absolute atomic E-state index is 0.0670. The van der Waals surface area contributed by atoms with Crippen molar-refractivity contribution >= 4 is 21.5 Å².